The number of hydrogen-bond acceptors (Lipinski definition) is 3. The molecule has 60 valence electrons. The second-order valence-corrected chi connectivity index (χ2v) is 3.03. The molecule has 0 spiro atoms. The third-order valence-corrected chi connectivity index (χ3v) is 1.77. The van der Waals surface area contributed by atoms with Gasteiger partial charge in [-0.05, 0) is 14.0 Å². The molecule has 0 saturated carbocycles. The third-order valence-electron chi connectivity index (χ3n) is 1.77. The Balaban J connectivity index is 2.35. The van der Waals surface area contributed by atoms with Crippen molar-refractivity contribution >= 4 is 0 Å². The van der Waals surface area contributed by atoms with Gasteiger partial charge in [0.25, 0.3) is 0 Å². The minimum absolute atomic E-state index is 0.244. The SMILES string of the molecule is C[C@H]1CN(C)C[C@H](CN)O1. The molecule has 0 aromatic carbocycles. The van der Waals surface area contributed by atoms with Crippen molar-refractivity contribution in [1.29, 1.82) is 0 Å². The van der Waals surface area contributed by atoms with Crippen molar-refractivity contribution in [1.82, 2.24) is 4.90 Å². The molecule has 1 heterocycles. The summed E-state index contributed by atoms with van der Waals surface area (Å²) in [5, 5.41) is 0. The topological polar surface area (TPSA) is 38.5 Å². The van der Waals surface area contributed by atoms with Crippen LogP contribution in [-0.2, 0) is 4.74 Å². The van der Waals surface area contributed by atoms with E-state index in [4.69, 9.17) is 10.5 Å². The number of rotatable bonds is 1. The van der Waals surface area contributed by atoms with E-state index in [0.29, 0.717) is 12.6 Å². The number of hydrogen-bond donors (Lipinski definition) is 1. The molecule has 3 nitrogen and oxygen atoms in total. The van der Waals surface area contributed by atoms with Crippen molar-refractivity contribution in [3.63, 3.8) is 0 Å². The highest BCUT2D eigenvalue weighted by atomic mass is 16.5. The highest BCUT2D eigenvalue weighted by Crippen LogP contribution is 2.07. The molecule has 1 aliphatic heterocycles. The van der Waals surface area contributed by atoms with Gasteiger partial charge in [0.05, 0.1) is 12.2 Å². The van der Waals surface area contributed by atoms with Crippen LogP contribution in [0.5, 0.6) is 0 Å². The summed E-state index contributed by atoms with van der Waals surface area (Å²) in [7, 11) is 2.10. The summed E-state index contributed by atoms with van der Waals surface area (Å²) in [4.78, 5) is 2.26. The maximum Gasteiger partial charge on any atom is 0.0828 e. The van der Waals surface area contributed by atoms with Crippen molar-refractivity contribution in [3.8, 4) is 0 Å². The zero-order valence-electron chi connectivity index (χ0n) is 6.71. The Kier molecular flexibility index (Phi) is 2.65. The lowest BCUT2D eigenvalue weighted by Crippen LogP contribution is -2.47. The summed E-state index contributed by atoms with van der Waals surface area (Å²) < 4.78 is 5.54. The van der Waals surface area contributed by atoms with Crippen molar-refractivity contribution in [2.24, 2.45) is 5.73 Å². The molecule has 2 N–H and O–H groups in total. The van der Waals surface area contributed by atoms with Crippen LogP contribution in [0, 0.1) is 0 Å². The molecular weight excluding hydrogens is 128 g/mol. The Hall–Kier alpha value is -0.120. The Labute approximate surface area is 62.1 Å². The third kappa shape index (κ3) is 1.94. The van der Waals surface area contributed by atoms with Gasteiger partial charge in [-0.25, -0.2) is 0 Å². The largest absolute Gasteiger partial charge is 0.371 e. The minimum atomic E-state index is 0.244. The van der Waals surface area contributed by atoms with E-state index in [1.807, 2.05) is 0 Å². The molecule has 1 aliphatic rings. The lowest BCUT2D eigenvalue weighted by molar-refractivity contribution is -0.0644. The smallest absolute Gasteiger partial charge is 0.0828 e. The molecule has 0 amide bonds. The fourth-order valence-corrected chi connectivity index (χ4v) is 1.41. The molecule has 0 unspecified atom stereocenters. The molecule has 1 fully saturated rings. The van der Waals surface area contributed by atoms with Crippen LogP contribution < -0.4 is 5.73 Å². The molecule has 3 heteroatoms. The summed E-state index contributed by atoms with van der Waals surface area (Å²) in [5.41, 5.74) is 5.48. The second-order valence-electron chi connectivity index (χ2n) is 3.03. The van der Waals surface area contributed by atoms with Gasteiger partial charge >= 0.3 is 0 Å². The first-order valence-corrected chi connectivity index (χ1v) is 3.76. The average molecular weight is 144 g/mol. The molecule has 0 radical (unpaired) electrons. The van der Waals surface area contributed by atoms with Gasteiger partial charge in [-0.1, -0.05) is 0 Å². The van der Waals surface area contributed by atoms with Crippen LogP contribution in [-0.4, -0.2) is 43.8 Å². The lowest BCUT2D eigenvalue weighted by Gasteiger charge is -2.33. The molecule has 10 heavy (non-hydrogen) atoms. The summed E-state index contributed by atoms with van der Waals surface area (Å²) in [6, 6.07) is 0. The molecule has 0 aliphatic carbocycles. The summed E-state index contributed by atoms with van der Waals surface area (Å²) in [6.45, 7) is 4.71. The first-order chi connectivity index (χ1) is 4.72. The van der Waals surface area contributed by atoms with E-state index in [1.165, 1.54) is 0 Å². The first-order valence-electron chi connectivity index (χ1n) is 3.76. The van der Waals surface area contributed by atoms with Crippen LogP contribution >= 0.6 is 0 Å². The van der Waals surface area contributed by atoms with Crippen molar-refractivity contribution in [3.05, 3.63) is 0 Å². The molecule has 0 bridgehead atoms. The first kappa shape index (κ1) is 7.98. The van der Waals surface area contributed by atoms with E-state index in [9.17, 15) is 0 Å². The van der Waals surface area contributed by atoms with Crippen LogP contribution in [0.15, 0.2) is 0 Å². The Morgan fingerprint density at radius 1 is 1.60 bits per heavy atom. The van der Waals surface area contributed by atoms with Gasteiger partial charge in [-0.2, -0.15) is 0 Å². The van der Waals surface area contributed by atoms with Crippen molar-refractivity contribution in [2.45, 2.75) is 19.1 Å². The maximum atomic E-state index is 5.54. The fraction of sp³-hybridized carbons (Fsp3) is 1.00. The predicted octanol–water partition coefficient (Wildman–Crippen LogP) is -0.336. The number of nitrogens with two attached hydrogens (primary N) is 1. The maximum absolute atomic E-state index is 5.54. The number of morpholine rings is 1. The van der Waals surface area contributed by atoms with Crippen LogP contribution in [0.3, 0.4) is 0 Å². The highest BCUT2D eigenvalue weighted by Gasteiger charge is 2.20. The van der Waals surface area contributed by atoms with E-state index in [1.54, 1.807) is 0 Å². The van der Waals surface area contributed by atoms with Gasteiger partial charge in [0.2, 0.25) is 0 Å². The van der Waals surface area contributed by atoms with Gasteiger partial charge in [0, 0.05) is 19.6 Å². The lowest BCUT2D eigenvalue weighted by atomic mass is 10.2. The summed E-state index contributed by atoms with van der Waals surface area (Å²) >= 11 is 0. The molecular formula is C7H16N2O. The quantitative estimate of drug-likeness (QED) is 0.547. The standard InChI is InChI=1S/C7H16N2O/c1-6-4-9(2)5-7(3-8)10-6/h6-7H,3-5,8H2,1-2H3/t6-,7-/m0/s1. The van der Waals surface area contributed by atoms with Gasteiger partial charge in [0.1, 0.15) is 0 Å². The molecule has 2 atom stereocenters. The van der Waals surface area contributed by atoms with Gasteiger partial charge < -0.3 is 15.4 Å². The van der Waals surface area contributed by atoms with Gasteiger partial charge in [-0.15, -0.1) is 0 Å². The van der Waals surface area contributed by atoms with E-state index < -0.39 is 0 Å². The number of likely N-dealkylation sites (N-methyl/N-ethyl adjacent to an activating group) is 1. The van der Waals surface area contributed by atoms with Crippen LogP contribution in [0.25, 0.3) is 0 Å². The molecule has 0 aromatic rings. The minimum Gasteiger partial charge on any atom is -0.371 e. The average Bonchev–Trinajstić information content (AvgIpc) is 1.85. The van der Waals surface area contributed by atoms with E-state index in [2.05, 4.69) is 18.9 Å². The molecule has 1 saturated heterocycles. The summed E-state index contributed by atoms with van der Waals surface area (Å²) in [5.74, 6) is 0. The normalized spacial score (nSPS) is 36.3. The predicted molar refractivity (Wildman–Crippen MR) is 40.9 cm³/mol. The Morgan fingerprint density at radius 2 is 2.30 bits per heavy atom. The Morgan fingerprint density at radius 3 is 2.80 bits per heavy atom. The van der Waals surface area contributed by atoms with Gasteiger partial charge in [0.15, 0.2) is 0 Å². The van der Waals surface area contributed by atoms with E-state index in [0.717, 1.165) is 13.1 Å². The Bertz CT molecular complexity index is 97.8. The number of nitrogens with zero attached hydrogens (tertiary/aromatic N) is 1. The van der Waals surface area contributed by atoms with Crippen LogP contribution in [0.4, 0.5) is 0 Å². The zero-order chi connectivity index (χ0) is 7.56. The van der Waals surface area contributed by atoms with Crippen molar-refractivity contribution in [2.75, 3.05) is 26.7 Å². The van der Waals surface area contributed by atoms with Gasteiger partial charge in [-0.3, -0.25) is 0 Å². The molecule has 1 rings (SSSR count). The highest BCUT2D eigenvalue weighted by molar-refractivity contribution is 4.73. The van der Waals surface area contributed by atoms with Crippen molar-refractivity contribution < 1.29 is 4.74 Å². The monoisotopic (exact) mass is 144 g/mol. The van der Waals surface area contributed by atoms with Crippen LogP contribution in [0.1, 0.15) is 6.92 Å². The number of ether oxygens (including phenoxy) is 1. The zero-order valence-corrected chi connectivity index (χ0v) is 6.71. The molecule has 0 aromatic heterocycles. The van der Waals surface area contributed by atoms with E-state index in [-0.39, 0.29) is 6.10 Å². The van der Waals surface area contributed by atoms with E-state index >= 15 is 0 Å². The van der Waals surface area contributed by atoms with Crippen LogP contribution in [0.2, 0.25) is 0 Å². The fourth-order valence-electron chi connectivity index (χ4n) is 1.41. The second kappa shape index (κ2) is 3.32. The summed E-state index contributed by atoms with van der Waals surface area (Å²) in [6.07, 6.45) is 0.584.